The fraction of sp³-hybridized carbons (Fsp3) is 0.692. The zero-order valence-electron chi connectivity index (χ0n) is 10.8. The van der Waals surface area contributed by atoms with Crippen LogP contribution < -0.4 is 5.32 Å². The van der Waals surface area contributed by atoms with Crippen LogP contribution in [0.2, 0.25) is 0 Å². The molecule has 4 heteroatoms. The van der Waals surface area contributed by atoms with Gasteiger partial charge in [0.2, 0.25) is 0 Å². The maximum absolute atomic E-state index is 5.71. The van der Waals surface area contributed by atoms with Crippen LogP contribution in [0.1, 0.15) is 32.9 Å². The third kappa shape index (κ3) is 2.64. The van der Waals surface area contributed by atoms with Crippen LogP contribution in [-0.4, -0.2) is 29.0 Å². The largest absolute Gasteiger partial charge is 0.378 e. The summed E-state index contributed by atoms with van der Waals surface area (Å²) in [5.74, 6) is 0. The van der Waals surface area contributed by atoms with Crippen molar-refractivity contribution in [1.82, 2.24) is 15.5 Å². The summed E-state index contributed by atoms with van der Waals surface area (Å²) in [6.07, 6.45) is 3.16. The van der Waals surface area contributed by atoms with Crippen LogP contribution in [-0.2, 0) is 11.3 Å². The van der Waals surface area contributed by atoms with E-state index in [1.54, 1.807) is 6.20 Å². The van der Waals surface area contributed by atoms with Crippen molar-refractivity contribution in [1.29, 1.82) is 0 Å². The van der Waals surface area contributed by atoms with Crippen molar-refractivity contribution in [2.45, 2.75) is 45.9 Å². The molecule has 0 radical (unpaired) electrons. The Morgan fingerprint density at radius 2 is 2.35 bits per heavy atom. The summed E-state index contributed by atoms with van der Waals surface area (Å²) in [6.45, 7) is 8.14. The molecule has 0 aliphatic heterocycles. The second-order valence-corrected chi connectivity index (χ2v) is 5.15. The Kier molecular flexibility index (Phi) is 3.74. The quantitative estimate of drug-likeness (QED) is 0.845. The fourth-order valence-corrected chi connectivity index (χ4v) is 2.37. The Bertz CT molecular complexity index is 353. The highest BCUT2D eigenvalue weighted by Crippen LogP contribution is 2.42. The lowest BCUT2D eigenvalue weighted by Gasteiger charge is -2.51. The van der Waals surface area contributed by atoms with Crippen LogP contribution in [0.3, 0.4) is 0 Å². The maximum Gasteiger partial charge on any atom is 0.0769 e. The molecule has 2 unspecified atom stereocenters. The van der Waals surface area contributed by atoms with Crippen molar-refractivity contribution in [3.8, 4) is 0 Å². The fourth-order valence-electron chi connectivity index (χ4n) is 2.37. The molecule has 1 aliphatic carbocycles. The Labute approximate surface area is 103 Å². The zero-order valence-corrected chi connectivity index (χ0v) is 10.8. The average Bonchev–Trinajstić information content (AvgIpc) is 2.34. The van der Waals surface area contributed by atoms with Gasteiger partial charge in [0.1, 0.15) is 0 Å². The normalized spacial score (nSPS) is 26.5. The van der Waals surface area contributed by atoms with Crippen molar-refractivity contribution in [3.05, 3.63) is 24.0 Å². The van der Waals surface area contributed by atoms with Crippen molar-refractivity contribution >= 4 is 0 Å². The number of rotatable bonds is 5. The molecule has 0 saturated heterocycles. The van der Waals surface area contributed by atoms with Crippen LogP contribution in [0, 0.1) is 5.41 Å². The standard InChI is InChI=1S/C13H21N3O/c1-4-17-12-8-11(13(12,2)3)14-9-10-6-5-7-15-16-10/h5-7,11-12,14H,4,8-9H2,1-3H3. The predicted octanol–water partition coefficient (Wildman–Crippen LogP) is 1.77. The molecule has 0 aromatic carbocycles. The van der Waals surface area contributed by atoms with Gasteiger partial charge in [-0.3, -0.25) is 0 Å². The van der Waals surface area contributed by atoms with Crippen LogP contribution >= 0.6 is 0 Å². The summed E-state index contributed by atoms with van der Waals surface area (Å²) in [4.78, 5) is 0. The molecule has 1 N–H and O–H groups in total. The lowest BCUT2D eigenvalue weighted by molar-refractivity contribution is -0.114. The molecule has 1 saturated carbocycles. The first kappa shape index (κ1) is 12.5. The van der Waals surface area contributed by atoms with E-state index < -0.39 is 0 Å². The molecule has 2 atom stereocenters. The predicted molar refractivity (Wildman–Crippen MR) is 66.5 cm³/mol. The van der Waals surface area contributed by atoms with Gasteiger partial charge >= 0.3 is 0 Å². The molecule has 17 heavy (non-hydrogen) atoms. The third-order valence-electron chi connectivity index (χ3n) is 3.70. The monoisotopic (exact) mass is 235 g/mol. The van der Waals surface area contributed by atoms with Gasteiger partial charge in [0.15, 0.2) is 0 Å². The molecule has 1 heterocycles. The summed E-state index contributed by atoms with van der Waals surface area (Å²) in [6, 6.07) is 4.41. The lowest BCUT2D eigenvalue weighted by Crippen LogP contribution is -2.60. The van der Waals surface area contributed by atoms with Crippen LogP contribution in [0.25, 0.3) is 0 Å². The van der Waals surface area contributed by atoms with E-state index in [1.165, 1.54) is 0 Å². The first-order chi connectivity index (χ1) is 8.14. The number of nitrogens with zero attached hydrogens (tertiary/aromatic N) is 2. The highest BCUT2D eigenvalue weighted by molar-refractivity contribution is 5.05. The SMILES string of the molecule is CCOC1CC(NCc2cccnn2)C1(C)C. The van der Waals surface area contributed by atoms with E-state index in [9.17, 15) is 0 Å². The molecular formula is C13H21N3O. The number of nitrogens with one attached hydrogen (secondary N) is 1. The minimum absolute atomic E-state index is 0.207. The second-order valence-electron chi connectivity index (χ2n) is 5.15. The minimum atomic E-state index is 0.207. The van der Waals surface area contributed by atoms with Gasteiger partial charge in [-0.15, -0.1) is 0 Å². The summed E-state index contributed by atoms with van der Waals surface area (Å²) in [5, 5.41) is 11.5. The first-order valence-corrected chi connectivity index (χ1v) is 6.26. The molecule has 0 spiro atoms. The van der Waals surface area contributed by atoms with Gasteiger partial charge in [0.25, 0.3) is 0 Å². The Morgan fingerprint density at radius 3 is 2.94 bits per heavy atom. The molecule has 1 aromatic rings. The summed E-state index contributed by atoms with van der Waals surface area (Å²) in [7, 11) is 0. The molecule has 1 aromatic heterocycles. The van der Waals surface area contributed by atoms with Gasteiger partial charge < -0.3 is 10.1 Å². The number of hydrogen-bond donors (Lipinski definition) is 1. The van der Waals surface area contributed by atoms with Crippen molar-refractivity contribution in [3.63, 3.8) is 0 Å². The third-order valence-corrected chi connectivity index (χ3v) is 3.70. The zero-order chi connectivity index (χ0) is 12.3. The van der Waals surface area contributed by atoms with Gasteiger partial charge in [-0.05, 0) is 25.5 Å². The van der Waals surface area contributed by atoms with Crippen LogP contribution in [0.5, 0.6) is 0 Å². The molecule has 94 valence electrons. The van der Waals surface area contributed by atoms with Crippen molar-refractivity contribution in [2.75, 3.05) is 6.61 Å². The minimum Gasteiger partial charge on any atom is -0.378 e. The summed E-state index contributed by atoms with van der Waals surface area (Å²) in [5.41, 5.74) is 1.20. The van der Waals surface area contributed by atoms with Gasteiger partial charge in [-0.1, -0.05) is 13.8 Å². The molecule has 2 rings (SSSR count). The topological polar surface area (TPSA) is 47.0 Å². The number of ether oxygens (including phenoxy) is 1. The molecule has 0 amide bonds. The number of hydrogen-bond acceptors (Lipinski definition) is 4. The second kappa shape index (κ2) is 5.10. The first-order valence-electron chi connectivity index (χ1n) is 6.26. The van der Waals surface area contributed by atoms with E-state index in [2.05, 4.69) is 36.3 Å². The highest BCUT2D eigenvalue weighted by atomic mass is 16.5. The van der Waals surface area contributed by atoms with E-state index in [0.29, 0.717) is 12.1 Å². The van der Waals surface area contributed by atoms with E-state index >= 15 is 0 Å². The Balaban J connectivity index is 1.82. The number of aromatic nitrogens is 2. The molecular weight excluding hydrogens is 214 g/mol. The maximum atomic E-state index is 5.71. The molecule has 4 nitrogen and oxygen atoms in total. The lowest BCUT2D eigenvalue weighted by atomic mass is 9.64. The van der Waals surface area contributed by atoms with E-state index in [-0.39, 0.29) is 5.41 Å². The highest BCUT2D eigenvalue weighted by Gasteiger charge is 2.48. The van der Waals surface area contributed by atoms with Gasteiger partial charge in [-0.2, -0.15) is 10.2 Å². The van der Waals surface area contributed by atoms with Gasteiger partial charge in [0, 0.05) is 30.8 Å². The molecule has 1 aliphatic rings. The molecule has 1 fully saturated rings. The average molecular weight is 235 g/mol. The van der Waals surface area contributed by atoms with E-state index in [1.807, 2.05) is 12.1 Å². The Morgan fingerprint density at radius 1 is 1.53 bits per heavy atom. The van der Waals surface area contributed by atoms with E-state index in [0.717, 1.165) is 25.3 Å². The van der Waals surface area contributed by atoms with Gasteiger partial charge in [-0.25, -0.2) is 0 Å². The summed E-state index contributed by atoms with van der Waals surface area (Å²) >= 11 is 0. The molecule has 0 bridgehead atoms. The van der Waals surface area contributed by atoms with E-state index in [4.69, 9.17) is 4.74 Å². The van der Waals surface area contributed by atoms with Crippen LogP contribution in [0.15, 0.2) is 18.3 Å². The van der Waals surface area contributed by atoms with Crippen LogP contribution in [0.4, 0.5) is 0 Å². The van der Waals surface area contributed by atoms with Crippen molar-refractivity contribution < 1.29 is 4.74 Å². The van der Waals surface area contributed by atoms with Gasteiger partial charge in [0.05, 0.1) is 11.8 Å². The smallest absolute Gasteiger partial charge is 0.0769 e. The summed E-state index contributed by atoms with van der Waals surface area (Å²) < 4.78 is 5.71. The van der Waals surface area contributed by atoms with Crippen molar-refractivity contribution in [2.24, 2.45) is 5.41 Å². The Hall–Kier alpha value is -1.00.